The Hall–Kier alpha value is -3.09. The predicted octanol–water partition coefficient (Wildman–Crippen LogP) is 0.759. The largest absolute Gasteiger partial charge is 0.350 e. The van der Waals surface area contributed by atoms with E-state index in [4.69, 9.17) is 5.26 Å². The molecular weight excluding hydrogens is 288 g/mol. The fourth-order valence-corrected chi connectivity index (χ4v) is 2.67. The fourth-order valence-electron chi connectivity index (χ4n) is 2.67. The molecule has 3 rings (SSSR count). The maximum Gasteiger partial charge on any atom is 0.329 e. The Bertz CT molecular complexity index is 723. The molecule has 0 amide bonds. The fraction of sp³-hybridized carbons (Fsp3) is 0.417. The van der Waals surface area contributed by atoms with E-state index in [-0.39, 0.29) is 23.0 Å². The van der Waals surface area contributed by atoms with Crippen LogP contribution in [0.15, 0.2) is 12.3 Å². The number of pyridine rings is 1. The summed E-state index contributed by atoms with van der Waals surface area (Å²) >= 11 is 0. The first-order valence-corrected chi connectivity index (χ1v) is 6.72. The van der Waals surface area contributed by atoms with Gasteiger partial charge in [-0.15, -0.1) is 10.2 Å². The number of aromatic nitrogens is 5. The third kappa shape index (κ3) is 2.44. The van der Waals surface area contributed by atoms with E-state index in [1.807, 2.05) is 11.0 Å². The molecule has 0 saturated carbocycles. The Kier molecular flexibility index (Phi) is 3.61. The number of rotatable bonds is 3. The first-order chi connectivity index (χ1) is 10.7. The molecular formula is C12H12N8O2. The first kappa shape index (κ1) is 13.9. The summed E-state index contributed by atoms with van der Waals surface area (Å²) in [5.74, 6) is 0.834. The zero-order chi connectivity index (χ0) is 15.5. The number of aromatic amines is 1. The van der Waals surface area contributed by atoms with Gasteiger partial charge in [-0.05, 0) is 18.9 Å². The van der Waals surface area contributed by atoms with Gasteiger partial charge in [0.15, 0.2) is 5.82 Å². The molecule has 0 aliphatic carbocycles. The molecule has 0 radical (unpaired) electrons. The molecule has 2 aromatic heterocycles. The normalized spacial score (nSPS) is 18.0. The van der Waals surface area contributed by atoms with Crippen molar-refractivity contribution in [1.82, 2.24) is 25.6 Å². The van der Waals surface area contributed by atoms with Crippen molar-refractivity contribution in [1.29, 1.82) is 5.26 Å². The smallest absolute Gasteiger partial charge is 0.329 e. The van der Waals surface area contributed by atoms with Crippen molar-refractivity contribution in [3.8, 4) is 6.07 Å². The minimum absolute atomic E-state index is 0.0108. The van der Waals surface area contributed by atoms with Crippen LogP contribution >= 0.6 is 0 Å². The second-order valence-electron chi connectivity index (χ2n) is 4.95. The standard InChI is InChI=1S/C12H12N8O2/c13-6-8-3-4-14-12(10(8)20(21)22)19-5-1-2-9(7-19)11-15-17-18-16-11/h3-4,9H,1-2,5,7H2,(H,15,16,17,18)/t9-/m0/s1. The van der Waals surface area contributed by atoms with E-state index in [1.165, 1.54) is 12.3 Å². The van der Waals surface area contributed by atoms with Gasteiger partial charge >= 0.3 is 5.69 Å². The molecule has 10 nitrogen and oxygen atoms in total. The zero-order valence-corrected chi connectivity index (χ0v) is 11.5. The van der Waals surface area contributed by atoms with Crippen LogP contribution in [0.4, 0.5) is 11.5 Å². The maximum atomic E-state index is 11.3. The number of nitro groups is 1. The molecule has 0 unspecified atom stereocenters. The average Bonchev–Trinajstić information content (AvgIpc) is 3.08. The molecule has 112 valence electrons. The Morgan fingerprint density at radius 3 is 3.09 bits per heavy atom. The van der Waals surface area contributed by atoms with Gasteiger partial charge in [0.1, 0.15) is 11.6 Å². The van der Waals surface area contributed by atoms with Crippen LogP contribution in [0.3, 0.4) is 0 Å². The summed E-state index contributed by atoms with van der Waals surface area (Å²) < 4.78 is 0. The Morgan fingerprint density at radius 1 is 1.55 bits per heavy atom. The molecule has 2 aromatic rings. The van der Waals surface area contributed by atoms with Crippen molar-refractivity contribution in [3.05, 3.63) is 33.8 Å². The van der Waals surface area contributed by atoms with Crippen molar-refractivity contribution in [3.63, 3.8) is 0 Å². The molecule has 1 saturated heterocycles. The number of nitrogens with zero attached hydrogens (tertiary/aromatic N) is 7. The molecule has 0 aromatic carbocycles. The molecule has 10 heteroatoms. The Balaban J connectivity index is 1.94. The van der Waals surface area contributed by atoms with Crippen LogP contribution in [-0.4, -0.2) is 43.6 Å². The van der Waals surface area contributed by atoms with Gasteiger partial charge in [-0.3, -0.25) is 10.1 Å². The summed E-state index contributed by atoms with van der Waals surface area (Å²) in [4.78, 5) is 16.7. The molecule has 1 aliphatic heterocycles. The second kappa shape index (κ2) is 5.72. The molecule has 3 heterocycles. The van der Waals surface area contributed by atoms with Gasteiger partial charge in [0.25, 0.3) is 0 Å². The highest BCUT2D eigenvalue weighted by molar-refractivity contribution is 5.65. The number of anilines is 1. The summed E-state index contributed by atoms with van der Waals surface area (Å²) in [5, 5.41) is 34.3. The van der Waals surface area contributed by atoms with Crippen molar-refractivity contribution >= 4 is 11.5 Å². The SMILES string of the molecule is N#Cc1ccnc(N2CCC[C@H](c3nn[nH]n3)C2)c1[N+](=O)[O-]. The molecule has 22 heavy (non-hydrogen) atoms. The van der Waals surface area contributed by atoms with Crippen LogP contribution in [0.25, 0.3) is 0 Å². The summed E-state index contributed by atoms with van der Waals surface area (Å²) in [6.07, 6.45) is 3.12. The molecule has 0 bridgehead atoms. The van der Waals surface area contributed by atoms with Crippen molar-refractivity contribution in [2.24, 2.45) is 0 Å². The number of hydrogen-bond donors (Lipinski definition) is 1. The van der Waals surface area contributed by atoms with E-state index in [1.54, 1.807) is 0 Å². The van der Waals surface area contributed by atoms with Crippen LogP contribution in [0.5, 0.6) is 0 Å². The van der Waals surface area contributed by atoms with Gasteiger partial charge in [-0.1, -0.05) is 5.21 Å². The molecule has 1 N–H and O–H groups in total. The van der Waals surface area contributed by atoms with Gasteiger partial charge in [-0.2, -0.15) is 10.5 Å². The lowest BCUT2D eigenvalue weighted by atomic mass is 9.97. The lowest BCUT2D eigenvalue weighted by Gasteiger charge is -2.31. The van der Waals surface area contributed by atoms with E-state index in [2.05, 4.69) is 25.6 Å². The van der Waals surface area contributed by atoms with E-state index in [9.17, 15) is 10.1 Å². The van der Waals surface area contributed by atoms with Gasteiger partial charge in [0.2, 0.25) is 5.82 Å². The molecule has 1 aliphatic rings. The minimum atomic E-state index is -0.557. The highest BCUT2D eigenvalue weighted by atomic mass is 16.6. The summed E-state index contributed by atoms with van der Waals surface area (Å²) in [5.41, 5.74) is -0.240. The van der Waals surface area contributed by atoms with Crippen molar-refractivity contribution in [2.45, 2.75) is 18.8 Å². The quantitative estimate of drug-likeness (QED) is 0.647. The van der Waals surface area contributed by atoms with Crippen LogP contribution in [0.2, 0.25) is 0 Å². The number of piperidine rings is 1. The van der Waals surface area contributed by atoms with Gasteiger partial charge in [0, 0.05) is 25.2 Å². The van der Waals surface area contributed by atoms with Crippen LogP contribution in [0.1, 0.15) is 30.1 Å². The first-order valence-electron chi connectivity index (χ1n) is 6.72. The van der Waals surface area contributed by atoms with Crippen LogP contribution in [-0.2, 0) is 0 Å². The van der Waals surface area contributed by atoms with E-state index < -0.39 is 4.92 Å². The summed E-state index contributed by atoms with van der Waals surface area (Å²) in [7, 11) is 0. The second-order valence-corrected chi connectivity index (χ2v) is 4.95. The molecule has 1 fully saturated rings. The average molecular weight is 300 g/mol. The Labute approximate surface area is 124 Å². The molecule has 1 atom stereocenters. The highest BCUT2D eigenvalue weighted by Gasteiger charge is 2.31. The van der Waals surface area contributed by atoms with Gasteiger partial charge in [-0.25, -0.2) is 4.98 Å². The molecule has 0 spiro atoms. The summed E-state index contributed by atoms with van der Waals surface area (Å²) in [6.45, 7) is 1.14. The summed E-state index contributed by atoms with van der Waals surface area (Å²) in [6, 6.07) is 3.20. The van der Waals surface area contributed by atoms with Crippen molar-refractivity contribution < 1.29 is 4.92 Å². The van der Waals surface area contributed by atoms with Crippen molar-refractivity contribution in [2.75, 3.05) is 18.0 Å². The number of nitriles is 1. The topological polar surface area (TPSA) is 138 Å². The van der Waals surface area contributed by atoms with Gasteiger partial charge < -0.3 is 4.90 Å². The monoisotopic (exact) mass is 300 g/mol. The lowest BCUT2D eigenvalue weighted by molar-refractivity contribution is -0.384. The Morgan fingerprint density at radius 2 is 2.41 bits per heavy atom. The third-order valence-corrected chi connectivity index (χ3v) is 3.66. The van der Waals surface area contributed by atoms with Crippen LogP contribution < -0.4 is 4.90 Å². The number of hydrogen-bond acceptors (Lipinski definition) is 8. The van der Waals surface area contributed by atoms with E-state index >= 15 is 0 Å². The maximum absolute atomic E-state index is 11.3. The minimum Gasteiger partial charge on any atom is -0.350 e. The van der Waals surface area contributed by atoms with E-state index in [0.717, 1.165) is 12.8 Å². The highest BCUT2D eigenvalue weighted by Crippen LogP contribution is 2.33. The number of tetrazole rings is 1. The predicted molar refractivity (Wildman–Crippen MR) is 74.0 cm³/mol. The zero-order valence-electron chi connectivity index (χ0n) is 11.5. The van der Waals surface area contributed by atoms with Crippen LogP contribution in [0, 0.1) is 21.4 Å². The third-order valence-electron chi connectivity index (χ3n) is 3.66. The lowest BCUT2D eigenvalue weighted by Crippen LogP contribution is -2.35. The van der Waals surface area contributed by atoms with E-state index in [0.29, 0.717) is 18.9 Å². The van der Waals surface area contributed by atoms with Gasteiger partial charge in [0.05, 0.1) is 4.92 Å². The number of nitrogens with one attached hydrogen (secondary N) is 1. The number of H-pyrrole nitrogens is 1.